The fourth-order valence-corrected chi connectivity index (χ4v) is 1.91. The number of amides is 1. The molecule has 7 heteroatoms. The Morgan fingerprint density at radius 3 is 3.19 bits per heavy atom. The molecule has 2 rings (SSSR count). The van der Waals surface area contributed by atoms with Gasteiger partial charge in [-0.25, -0.2) is 0 Å². The number of aromatic nitrogens is 2. The molecule has 1 unspecified atom stereocenters. The summed E-state index contributed by atoms with van der Waals surface area (Å²) in [6.45, 7) is 0.966. The molecule has 1 aliphatic rings. The molecule has 1 aromatic rings. The predicted octanol–water partition coefficient (Wildman–Crippen LogP) is 1.08. The number of aryl methyl sites for hydroxylation is 1. The number of carbonyl (C=O) groups is 1. The third-order valence-corrected chi connectivity index (χ3v) is 2.68. The number of rotatable bonds is 3. The number of nitrogens with zero attached hydrogens (tertiary/aromatic N) is 6. The maximum Gasteiger partial charge on any atom is 0.228 e. The predicted molar refractivity (Wildman–Crippen MR) is 57.7 cm³/mol. The smallest absolute Gasteiger partial charge is 0.228 e. The summed E-state index contributed by atoms with van der Waals surface area (Å²) in [5, 5.41) is 7.53. The van der Waals surface area contributed by atoms with Crippen LogP contribution in [0, 0.1) is 5.92 Å². The van der Waals surface area contributed by atoms with Crippen molar-refractivity contribution in [1.82, 2.24) is 9.78 Å². The second-order valence-corrected chi connectivity index (χ2v) is 3.80. The monoisotopic (exact) mass is 220 g/mol. The van der Waals surface area contributed by atoms with Crippen LogP contribution in [0.2, 0.25) is 0 Å². The van der Waals surface area contributed by atoms with Gasteiger partial charge in [-0.3, -0.25) is 14.4 Å². The van der Waals surface area contributed by atoms with E-state index < -0.39 is 0 Å². The Hall–Kier alpha value is -2.01. The Morgan fingerprint density at radius 2 is 2.56 bits per heavy atom. The average molecular weight is 220 g/mol. The Bertz CT molecular complexity index is 447. The maximum atomic E-state index is 11.7. The highest BCUT2D eigenvalue weighted by Gasteiger charge is 2.31. The quantitative estimate of drug-likeness (QED) is 0.433. The zero-order valence-corrected chi connectivity index (χ0v) is 8.94. The van der Waals surface area contributed by atoms with Gasteiger partial charge in [0.25, 0.3) is 0 Å². The first-order valence-corrected chi connectivity index (χ1v) is 5.01. The highest BCUT2D eigenvalue weighted by molar-refractivity contribution is 5.94. The van der Waals surface area contributed by atoms with Crippen molar-refractivity contribution in [3.8, 4) is 0 Å². The molecule has 16 heavy (non-hydrogen) atoms. The Morgan fingerprint density at radius 1 is 1.75 bits per heavy atom. The first kappa shape index (κ1) is 10.5. The lowest BCUT2D eigenvalue weighted by molar-refractivity contribution is -0.117. The molecule has 0 bridgehead atoms. The molecule has 0 aromatic carbocycles. The third kappa shape index (κ3) is 1.85. The van der Waals surface area contributed by atoms with Crippen LogP contribution in [0.5, 0.6) is 0 Å². The molecule has 1 atom stereocenters. The van der Waals surface area contributed by atoms with Crippen molar-refractivity contribution in [3.05, 3.63) is 22.7 Å². The second-order valence-electron chi connectivity index (χ2n) is 3.80. The van der Waals surface area contributed by atoms with Gasteiger partial charge in [0.05, 0.1) is 6.20 Å². The summed E-state index contributed by atoms with van der Waals surface area (Å²) >= 11 is 0. The molecule has 0 N–H and O–H groups in total. The van der Waals surface area contributed by atoms with E-state index in [0.29, 0.717) is 19.5 Å². The van der Waals surface area contributed by atoms with Gasteiger partial charge in [0, 0.05) is 37.5 Å². The van der Waals surface area contributed by atoms with E-state index in [9.17, 15) is 4.79 Å². The molecule has 1 saturated heterocycles. The zero-order chi connectivity index (χ0) is 11.5. The summed E-state index contributed by atoms with van der Waals surface area (Å²) in [5.74, 6) is 0.952. The highest BCUT2D eigenvalue weighted by Crippen LogP contribution is 2.24. The molecule has 1 aromatic heterocycles. The molecule has 0 radical (unpaired) electrons. The van der Waals surface area contributed by atoms with Crippen LogP contribution in [0.4, 0.5) is 5.82 Å². The van der Waals surface area contributed by atoms with Crippen LogP contribution in [-0.4, -0.2) is 28.8 Å². The van der Waals surface area contributed by atoms with Gasteiger partial charge in [-0.15, -0.1) is 0 Å². The Kier molecular flexibility index (Phi) is 2.78. The second kappa shape index (κ2) is 4.24. The van der Waals surface area contributed by atoms with Crippen molar-refractivity contribution in [3.63, 3.8) is 0 Å². The minimum Gasteiger partial charge on any atom is -0.297 e. The van der Waals surface area contributed by atoms with Crippen LogP contribution in [0.3, 0.4) is 0 Å². The standard InChI is InChI=1S/C9H12N6O/c1-14-8(2-3-12-14)15-6-7(4-9(15)16)5-11-13-10/h2-3,7H,4-6H2,1H3. The number of carbonyl (C=O) groups excluding carboxylic acids is 1. The summed E-state index contributed by atoms with van der Waals surface area (Å²) in [6.07, 6.45) is 2.09. The molecule has 0 aliphatic carbocycles. The van der Waals surface area contributed by atoms with Crippen LogP contribution < -0.4 is 4.90 Å². The maximum absolute atomic E-state index is 11.7. The fraction of sp³-hybridized carbons (Fsp3) is 0.556. The zero-order valence-electron chi connectivity index (χ0n) is 8.94. The summed E-state index contributed by atoms with van der Waals surface area (Å²) in [6, 6.07) is 1.80. The lowest BCUT2D eigenvalue weighted by Gasteiger charge is -2.15. The SMILES string of the molecule is Cn1nccc1N1CC(CN=[N+]=[N-])CC1=O. The van der Waals surface area contributed by atoms with Crippen LogP contribution >= 0.6 is 0 Å². The third-order valence-electron chi connectivity index (χ3n) is 2.68. The van der Waals surface area contributed by atoms with Gasteiger partial charge in [-0.1, -0.05) is 5.11 Å². The summed E-state index contributed by atoms with van der Waals surface area (Å²) < 4.78 is 1.66. The Labute approximate surface area is 92.3 Å². The van der Waals surface area contributed by atoms with E-state index in [2.05, 4.69) is 15.1 Å². The Balaban J connectivity index is 2.11. The molecule has 1 amide bonds. The van der Waals surface area contributed by atoms with Gasteiger partial charge in [-0.05, 0) is 11.4 Å². The molecule has 7 nitrogen and oxygen atoms in total. The normalized spacial score (nSPS) is 19.9. The van der Waals surface area contributed by atoms with Crippen molar-refractivity contribution in [2.75, 3.05) is 18.0 Å². The van der Waals surface area contributed by atoms with Gasteiger partial charge in [-0.2, -0.15) is 5.10 Å². The van der Waals surface area contributed by atoms with Crippen molar-refractivity contribution in [2.45, 2.75) is 6.42 Å². The van der Waals surface area contributed by atoms with Crippen LogP contribution in [0.15, 0.2) is 17.4 Å². The van der Waals surface area contributed by atoms with E-state index in [-0.39, 0.29) is 11.8 Å². The van der Waals surface area contributed by atoms with E-state index in [1.54, 1.807) is 28.9 Å². The fourth-order valence-electron chi connectivity index (χ4n) is 1.91. The van der Waals surface area contributed by atoms with Crippen molar-refractivity contribution in [1.29, 1.82) is 0 Å². The number of anilines is 1. The minimum atomic E-state index is 0.0572. The van der Waals surface area contributed by atoms with Crippen molar-refractivity contribution in [2.24, 2.45) is 18.1 Å². The molecule has 0 spiro atoms. The van der Waals surface area contributed by atoms with Gasteiger partial charge in [0.15, 0.2) is 0 Å². The van der Waals surface area contributed by atoms with E-state index in [4.69, 9.17) is 5.53 Å². The largest absolute Gasteiger partial charge is 0.297 e. The van der Waals surface area contributed by atoms with Crippen LogP contribution in [-0.2, 0) is 11.8 Å². The van der Waals surface area contributed by atoms with E-state index >= 15 is 0 Å². The van der Waals surface area contributed by atoms with Gasteiger partial charge in [0.2, 0.25) is 5.91 Å². The lowest BCUT2D eigenvalue weighted by atomic mass is 10.1. The topological polar surface area (TPSA) is 86.9 Å². The highest BCUT2D eigenvalue weighted by atomic mass is 16.2. The molecular formula is C9H12N6O. The van der Waals surface area contributed by atoms with E-state index in [1.165, 1.54) is 0 Å². The first-order chi connectivity index (χ1) is 7.72. The van der Waals surface area contributed by atoms with Crippen molar-refractivity contribution < 1.29 is 4.79 Å². The number of hydrogen-bond donors (Lipinski definition) is 0. The summed E-state index contributed by atoms with van der Waals surface area (Å²) in [4.78, 5) is 16.1. The summed E-state index contributed by atoms with van der Waals surface area (Å²) in [7, 11) is 1.80. The van der Waals surface area contributed by atoms with Crippen LogP contribution in [0.25, 0.3) is 10.4 Å². The van der Waals surface area contributed by atoms with E-state index in [1.807, 2.05) is 0 Å². The molecule has 0 saturated carbocycles. The minimum absolute atomic E-state index is 0.0572. The van der Waals surface area contributed by atoms with Gasteiger partial charge >= 0.3 is 0 Å². The first-order valence-electron chi connectivity index (χ1n) is 5.01. The summed E-state index contributed by atoms with van der Waals surface area (Å²) in [5.41, 5.74) is 8.23. The van der Waals surface area contributed by atoms with Crippen molar-refractivity contribution >= 4 is 11.7 Å². The van der Waals surface area contributed by atoms with E-state index in [0.717, 1.165) is 5.82 Å². The molecule has 2 heterocycles. The van der Waals surface area contributed by atoms with Gasteiger partial charge < -0.3 is 0 Å². The lowest BCUT2D eigenvalue weighted by Crippen LogP contribution is -2.26. The molecule has 1 fully saturated rings. The van der Waals surface area contributed by atoms with Crippen LogP contribution in [0.1, 0.15) is 6.42 Å². The average Bonchev–Trinajstić information content (AvgIpc) is 2.82. The number of azide groups is 1. The molecular weight excluding hydrogens is 208 g/mol. The van der Waals surface area contributed by atoms with Gasteiger partial charge in [0.1, 0.15) is 5.82 Å². The number of hydrogen-bond acceptors (Lipinski definition) is 3. The molecule has 1 aliphatic heterocycles. The molecule has 84 valence electrons.